The van der Waals surface area contributed by atoms with Crippen molar-refractivity contribution in [2.24, 2.45) is 5.41 Å². The number of hydrogen-bond acceptors (Lipinski definition) is 6. The van der Waals surface area contributed by atoms with Gasteiger partial charge < -0.3 is 10.0 Å². The van der Waals surface area contributed by atoms with Crippen LogP contribution in [0.2, 0.25) is 0 Å². The Kier molecular flexibility index (Phi) is 5.61. The van der Waals surface area contributed by atoms with Gasteiger partial charge in [0.15, 0.2) is 0 Å². The average molecular weight is 350 g/mol. The maximum atomic E-state index is 12.3. The zero-order chi connectivity index (χ0) is 17.0. The Balaban J connectivity index is 1.79. The molecule has 2 fully saturated rings. The molecular formula is C17H26N4O2S. The Morgan fingerprint density at radius 3 is 3.04 bits per heavy atom. The highest BCUT2D eigenvalue weighted by molar-refractivity contribution is 7.98. The summed E-state index contributed by atoms with van der Waals surface area (Å²) < 4.78 is 0. The van der Waals surface area contributed by atoms with Crippen LogP contribution in [0.15, 0.2) is 18.6 Å². The van der Waals surface area contributed by atoms with Crippen LogP contribution in [0, 0.1) is 5.41 Å². The van der Waals surface area contributed by atoms with E-state index in [0.717, 1.165) is 56.9 Å². The molecule has 0 unspecified atom stereocenters. The number of piperidine rings is 2. The van der Waals surface area contributed by atoms with Gasteiger partial charge in [-0.15, -0.1) is 0 Å². The third kappa shape index (κ3) is 3.37. The molecule has 0 bridgehead atoms. The third-order valence-corrected chi connectivity index (χ3v) is 6.08. The number of likely N-dealkylation sites (tertiary alicyclic amines) is 1. The number of nitrogens with zero attached hydrogens (tertiary/aromatic N) is 4. The van der Waals surface area contributed by atoms with Gasteiger partial charge in [0, 0.05) is 31.5 Å². The van der Waals surface area contributed by atoms with E-state index >= 15 is 0 Å². The van der Waals surface area contributed by atoms with Gasteiger partial charge in [-0.1, -0.05) is 0 Å². The molecule has 132 valence electrons. The molecule has 1 aromatic rings. The van der Waals surface area contributed by atoms with Crippen molar-refractivity contribution < 1.29 is 9.90 Å². The molecule has 6 nitrogen and oxygen atoms in total. The van der Waals surface area contributed by atoms with E-state index in [1.54, 1.807) is 18.6 Å². The standard InChI is InChI=1S/C17H26N4O2S/c1-24-11-3-9-20-8-2-5-17(16(22)23)13-21(10-4-14(17)20)15-12-18-6-7-19-15/h6-7,12,14H,2-5,8-11,13H2,1H3,(H,22,23)/t14-,17+/m1/s1. The number of aromatic nitrogens is 2. The Labute approximate surface area is 147 Å². The highest BCUT2D eigenvalue weighted by atomic mass is 32.2. The van der Waals surface area contributed by atoms with E-state index in [1.807, 2.05) is 11.8 Å². The Morgan fingerprint density at radius 2 is 2.33 bits per heavy atom. The molecule has 2 atom stereocenters. The van der Waals surface area contributed by atoms with Crippen molar-refractivity contribution in [3.05, 3.63) is 18.6 Å². The predicted molar refractivity (Wildman–Crippen MR) is 96.5 cm³/mol. The molecule has 0 saturated carbocycles. The SMILES string of the molecule is CSCCCN1CCC[C@]2(C(=O)O)CN(c3cnccn3)CC[C@@H]12. The summed E-state index contributed by atoms with van der Waals surface area (Å²) in [5.74, 6) is 1.27. The number of carboxylic acid groups (broad SMARTS) is 1. The fourth-order valence-corrected chi connectivity index (χ4v) is 4.68. The average Bonchev–Trinajstić information content (AvgIpc) is 2.62. The van der Waals surface area contributed by atoms with E-state index in [9.17, 15) is 9.90 Å². The lowest BCUT2D eigenvalue weighted by Gasteiger charge is -2.53. The molecule has 1 N–H and O–H groups in total. The van der Waals surface area contributed by atoms with Crippen LogP contribution in [0.4, 0.5) is 5.82 Å². The zero-order valence-corrected chi connectivity index (χ0v) is 15.0. The lowest BCUT2D eigenvalue weighted by atomic mass is 9.69. The van der Waals surface area contributed by atoms with Gasteiger partial charge in [0.25, 0.3) is 0 Å². The lowest BCUT2D eigenvalue weighted by Crippen LogP contribution is -2.64. The fourth-order valence-electron chi connectivity index (χ4n) is 4.26. The molecule has 3 heterocycles. The summed E-state index contributed by atoms with van der Waals surface area (Å²) >= 11 is 1.86. The first-order valence-electron chi connectivity index (χ1n) is 8.65. The molecule has 0 aromatic carbocycles. The van der Waals surface area contributed by atoms with Crippen LogP contribution < -0.4 is 4.90 Å². The highest BCUT2D eigenvalue weighted by Gasteiger charge is 2.53. The molecule has 0 amide bonds. The maximum Gasteiger partial charge on any atom is 0.313 e. The second-order valence-corrected chi connectivity index (χ2v) is 7.72. The molecular weight excluding hydrogens is 324 g/mol. The van der Waals surface area contributed by atoms with Gasteiger partial charge in [-0.3, -0.25) is 14.7 Å². The van der Waals surface area contributed by atoms with E-state index in [-0.39, 0.29) is 6.04 Å². The Bertz CT molecular complexity index is 559. The highest BCUT2D eigenvalue weighted by Crippen LogP contribution is 2.42. The van der Waals surface area contributed by atoms with E-state index in [0.29, 0.717) is 6.54 Å². The molecule has 2 saturated heterocycles. The number of aliphatic carboxylic acids is 1. The second kappa shape index (κ2) is 7.70. The quantitative estimate of drug-likeness (QED) is 0.787. The monoisotopic (exact) mass is 350 g/mol. The number of hydrogen-bond donors (Lipinski definition) is 1. The molecule has 0 aliphatic carbocycles. The van der Waals surface area contributed by atoms with Crippen molar-refractivity contribution in [2.75, 3.05) is 43.1 Å². The van der Waals surface area contributed by atoms with Gasteiger partial charge in [0.05, 0.1) is 6.20 Å². The largest absolute Gasteiger partial charge is 0.481 e. The van der Waals surface area contributed by atoms with E-state index in [1.165, 1.54) is 0 Å². The summed E-state index contributed by atoms with van der Waals surface area (Å²) in [7, 11) is 0. The normalized spacial score (nSPS) is 27.7. The number of carboxylic acids is 1. The minimum atomic E-state index is -0.687. The van der Waals surface area contributed by atoms with Crippen LogP contribution in [0.3, 0.4) is 0 Å². The van der Waals surface area contributed by atoms with Crippen molar-refractivity contribution >= 4 is 23.5 Å². The number of thioether (sulfide) groups is 1. The molecule has 3 rings (SSSR count). The molecule has 2 aliphatic rings. The molecule has 0 radical (unpaired) electrons. The topological polar surface area (TPSA) is 69.6 Å². The van der Waals surface area contributed by atoms with Crippen LogP contribution in [0.5, 0.6) is 0 Å². The van der Waals surface area contributed by atoms with Crippen molar-refractivity contribution in [3.8, 4) is 0 Å². The summed E-state index contributed by atoms with van der Waals surface area (Å²) in [6, 6.07) is 0.138. The summed E-state index contributed by atoms with van der Waals surface area (Å²) in [5, 5.41) is 10.1. The van der Waals surface area contributed by atoms with Gasteiger partial charge in [0.1, 0.15) is 11.2 Å². The van der Waals surface area contributed by atoms with Crippen LogP contribution in [0.25, 0.3) is 0 Å². The summed E-state index contributed by atoms with van der Waals surface area (Å²) in [6.45, 7) is 3.41. The second-order valence-electron chi connectivity index (χ2n) is 6.74. The first-order valence-corrected chi connectivity index (χ1v) is 10.0. The smallest absolute Gasteiger partial charge is 0.313 e. The predicted octanol–water partition coefficient (Wildman–Crippen LogP) is 1.98. The molecule has 7 heteroatoms. The Hall–Kier alpha value is -1.34. The van der Waals surface area contributed by atoms with Gasteiger partial charge in [-0.05, 0) is 50.8 Å². The lowest BCUT2D eigenvalue weighted by molar-refractivity contribution is -0.158. The number of carbonyl (C=O) groups is 1. The molecule has 0 spiro atoms. The minimum Gasteiger partial charge on any atom is -0.481 e. The van der Waals surface area contributed by atoms with Gasteiger partial charge in [0.2, 0.25) is 0 Å². The summed E-state index contributed by atoms with van der Waals surface area (Å²) in [4.78, 5) is 25.3. The molecule has 24 heavy (non-hydrogen) atoms. The van der Waals surface area contributed by atoms with Crippen molar-refractivity contribution in [3.63, 3.8) is 0 Å². The summed E-state index contributed by atoms with van der Waals surface area (Å²) in [5.41, 5.74) is -0.687. The van der Waals surface area contributed by atoms with Crippen molar-refractivity contribution in [1.82, 2.24) is 14.9 Å². The van der Waals surface area contributed by atoms with Crippen LogP contribution >= 0.6 is 11.8 Å². The van der Waals surface area contributed by atoms with Crippen LogP contribution in [-0.4, -0.2) is 70.2 Å². The van der Waals surface area contributed by atoms with E-state index in [4.69, 9.17) is 0 Å². The van der Waals surface area contributed by atoms with Gasteiger partial charge in [-0.25, -0.2) is 4.98 Å². The first-order chi connectivity index (χ1) is 11.7. The number of fused-ring (bicyclic) bond motifs is 1. The number of anilines is 1. The fraction of sp³-hybridized carbons (Fsp3) is 0.706. The van der Waals surface area contributed by atoms with Gasteiger partial charge >= 0.3 is 5.97 Å². The summed E-state index contributed by atoms with van der Waals surface area (Å²) in [6.07, 6.45) is 10.9. The van der Waals surface area contributed by atoms with E-state index in [2.05, 4.69) is 26.0 Å². The van der Waals surface area contributed by atoms with Crippen LogP contribution in [0.1, 0.15) is 25.7 Å². The minimum absolute atomic E-state index is 0.138. The first kappa shape index (κ1) is 17.5. The molecule has 1 aromatic heterocycles. The Morgan fingerprint density at radius 1 is 1.46 bits per heavy atom. The molecule has 2 aliphatic heterocycles. The maximum absolute atomic E-state index is 12.3. The zero-order valence-electron chi connectivity index (χ0n) is 14.2. The van der Waals surface area contributed by atoms with Gasteiger partial charge in [-0.2, -0.15) is 11.8 Å². The van der Waals surface area contributed by atoms with E-state index < -0.39 is 11.4 Å². The third-order valence-electron chi connectivity index (χ3n) is 5.39. The number of rotatable bonds is 6. The van der Waals surface area contributed by atoms with Crippen molar-refractivity contribution in [2.45, 2.75) is 31.7 Å². The van der Waals surface area contributed by atoms with Crippen LogP contribution in [-0.2, 0) is 4.79 Å². The van der Waals surface area contributed by atoms with Crippen molar-refractivity contribution in [1.29, 1.82) is 0 Å².